The molecule has 0 aromatic carbocycles. The Morgan fingerprint density at radius 3 is 1.53 bits per heavy atom. The lowest BCUT2D eigenvalue weighted by Gasteiger charge is -2.20. The lowest BCUT2D eigenvalue weighted by Crippen LogP contribution is -2.41. The smallest absolute Gasteiger partial charge is 0.294 e. The summed E-state index contributed by atoms with van der Waals surface area (Å²) in [7, 11) is 0. The molecule has 0 aliphatic heterocycles. The monoisotopic (exact) mass is 234 g/mol. The molecule has 7 heteroatoms. The van der Waals surface area contributed by atoms with Gasteiger partial charge in [0.05, 0.1) is 0 Å². The summed E-state index contributed by atoms with van der Waals surface area (Å²) in [6.45, 7) is 2.48. The van der Waals surface area contributed by atoms with E-state index < -0.39 is 24.1 Å². The van der Waals surface area contributed by atoms with Gasteiger partial charge in [-0.3, -0.25) is 4.79 Å². The first-order valence-electron chi connectivity index (χ1n) is 3.78. The molecule has 0 saturated heterocycles. The molecule has 0 rings (SSSR count). The zero-order chi connectivity index (χ0) is 12.4. The van der Waals surface area contributed by atoms with Gasteiger partial charge < -0.3 is 0 Å². The first-order valence-corrected chi connectivity index (χ1v) is 3.78. The predicted molar refractivity (Wildman–Crippen MR) is 40.0 cm³/mol. The Labute approximate surface area is 81.8 Å². The Kier molecular flexibility index (Phi) is 3.95. The maximum absolute atomic E-state index is 11.9. The van der Waals surface area contributed by atoms with E-state index in [1.165, 1.54) is 13.8 Å². The predicted octanol–water partition coefficient (Wildman–Crippen LogP) is 3.26. The Morgan fingerprint density at radius 2 is 1.33 bits per heavy atom. The molecule has 0 heterocycles. The van der Waals surface area contributed by atoms with Crippen molar-refractivity contribution in [2.75, 3.05) is 0 Å². The Morgan fingerprint density at radius 1 is 1.00 bits per heavy atom. The molecule has 0 aromatic rings. The second-order valence-electron chi connectivity index (χ2n) is 3.14. The van der Waals surface area contributed by atoms with Crippen molar-refractivity contribution in [3.63, 3.8) is 0 Å². The van der Waals surface area contributed by atoms with Crippen LogP contribution in [0.25, 0.3) is 0 Å². The number of allylic oxidation sites excluding steroid dienone is 2. The van der Waals surface area contributed by atoms with E-state index in [-0.39, 0.29) is 5.57 Å². The minimum absolute atomic E-state index is 0.0819. The summed E-state index contributed by atoms with van der Waals surface area (Å²) < 4.78 is 71.7. The first-order chi connectivity index (χ1) is 6.46. The molecule has 0 saturated carbocycles. The minimum Gasteiger partial charge on any atom is -0.294 e. The lowest BCUT2D eigenvalue weighted by molar-refractivity contribution is -0.271. The van der Waals surface area contributed by atoms with Gasteiger partial charge in [-0.25, -0.2) is 0 Å². The molecule has 88 valence electrons. The minimum atomic E-state index is -5.61. The molecule has 0 atom stereocenters. The summed E-state index contributed by atoms with van der Waals surface area (Å²) in [4.78, 5) is 10.7. The fourth-order valence-corrected chi connectivity index (χ4v) is 0.876. The van der Waals surface area contributed by atoms with Crippen molar-refractivity contribution in [2.45, 2.75) is 26.2 Å². The van der Waals surface area contributed by atoms with Crippen molar-refractivity contribution in [3.8, 4) is 0 Å². The van der Waals surface area contributed by atoms with Crippen LogP contribution in [0.3, 0.4) is 0 Å². The zero-order valence-electron chi connectivity index (χ0n) is 7.83. The second-order valence-corrected chi connectivity index (χ2v) is 3.14. The Bertz CT molecular complexity index is 254. The van der Waals surface area contributed by atoms with E-state index in [0.717, 1.165) is 0 Å². The van der Waals surface area contributed by atoms with Crippen LogP contribution in [0.5, 0.6) is 0 Å². The molecule has 1 nitrogen and oxygen atoms in total. The number of halogens is 6. The van der Waals surface area contributed by atoms with Crippen molar-refractivity contribution in [2.24, 2.45) is 5.92 Å². The van der Waals surface area contributed by atoms with Gasteiger partial charge >= 0.3 is 12.4 Å². The zero-order valence-corrected chi connectivity index (χ0v) is 7.83. The number of alkyl halides is 6. The number of rotatable bonds is 2. The molecular weight excluding hydrogens is 226 g/mol. The molecular formula is C8H8F6O. The summed E-state index contributed by atoms with van der Waals surface area (Å²) in [6, 6.07) is 0. The van der Waals surface area contributed by atoms with Gasteiger partial charge in [0.15, 0.2) is 5.78 Å². The van der Waals surface area contributed by atoms with E-state index in [1.807, 2.05) is 0 Å². The molecule has 0 fully saturated rings. The molecule has 15 heavy (non-hydrogen) atoms. The second kappa shape index (κ2) is 4.24. The van der Waals surface area contributed by atoms with E-state index in [9.17, 15) is 31.1 Å². The third-order valence-electron chi connectivity index (χ3n) is 1.37. The van der Waals surface area contributed by atoms with Crippen LogP contribution < -0.4 is 0 Å². The highest BCUT2D eigenvalue weighted by Gasteiger charge is 2.60. The van der Waals surface area contributed by atoms with Crippen molar-refractivity contribution in [3.05, 3.63) is 11.6 Å². The molecule has 0 aromatic heterocycles. The van der Waals surface area contributed by atoms with Gasteiger partial charge in [0, 0.05) is 0 Å². The van der Waals surface area contributed by atoms with Crippen LogP contribution in [0.1, 0.15) is 13.8 Å². The van der Waals surface area contributed by atoms with E-state index >= 15 is 0 Å². The number of hydrogen-bond donors (Lipinski definition) is 0. The molecule has 0 N–H and O–H groups in total. The summed E-state index contributed by atoms with van der Waals surface area (Å²) in [6.07, 6.45) is -10.9. The van der Waals surface area contributed by atoms with E-state index in [2.05, 4.69) is 0 Å². The maximum atomic E-state index is 11.9. The summed E-state index contributed by atoms with van der Waals surface area (Å²) in [5.74, 6) is -5.92. The highest BCUT2D eigenvalue weighted by Crippen LogP contribution is 2.40. The van der Waals surface area contributed by atoms with E-state index in [4.69, 9.17) is 0 Å². The van der Waals surface area contributed by atoms with Crippen molar-refractivity contribution in [1.29, 1.82) is 0 Å². The molecule has 0 aliphatic rings. The molecule has 0 unspecified atom stereocenters. The third kappa shape index (κ3) is 4.35. The number of carbonyl (C=O) groups excluding carboxylic acids is 1. The molecule has 0 spiro atoms. The molecule has 0 amide bonds. The highest BCUT2D eigenvalue weighted by atomic mass is 19.4. The third-order valence-corrected chi connectivity index (χ3v) is 1.37. The van der Waals surface area contributed by atoms with Gasteiger partial charge in [0.2, 0.25) is 5.92 Å². The molecule has 0 bridgehead atoms. The van der Waals surface area contributed by atoms with Gasteiger partial charge in [-0.2, -0.15) is 26.3 Å². The van der Waals surface area contributed by atoms with Crippen LogP contribution in [0, 0.1) is 5.92 Å². The van der Waals surface area contributed by atoms with Crippen LogP contribution >= 0.6 is 0 Å². The van der Waals surface area contributed by atoms with Gasteiger partial charge in [-0.15, -0.1) is 0 Å². The highest BCUT2D eigenvalue weighted by molar-refractivity contribution is 5.93. The average molecular weight is 234 g/mol. The fourth-order valence-electron chi connectivity index (χ4n) is 0.876. The van der Waals surface area contributed by atoms with Gasteiger partial charge in [-0.05, 0) is 19.9 Å². The number of hydrogen-bond acceptors (Lipinski definition) is 1. The largest absolute Gasteiger partial charge is 0.407 e. The van der Waals surface area contributed by atoms with Crippen LogP contribution in [-0.4, -0.2) is 18.1 Å². The van der Waals surface area contributed by atoms with Gasteiger partial charge in [-0.1, -0.05) is 5.57 Å². The summed E-state index contributed by atoms with van der Waals surface area (Å²) in [5.41, 5.74) is 0.0819. The summed E-state index contributed by atoms with van der Waals surface area (Å²) >= 11 is 0. The van der Waals surface area contributed by atoms with Crippen LogP contribution in [-0.2, 0) is 4.79 Å². The normalized spacial score (nSPS) is 12.9. The number of carbonyl (C=O) groups is 1. The molecule has 0 radical (unpaired) electrons. The molecule has 0 aliphatic carbocycles. The Balaban J connectivity index is 5.16. The van der Waals surface area contributed by atoms with Crippen molar-refractivity contribution >= 4 is 5.78 Å². The standard InChI is InChI=1S/C8H8F6O/c1-4(2)3-5(15)6(7(9,10)11)8(12,13)14/h3,6H,1-2H3. The number of ketones is 1. The van der Waals surface area contributed by atoms with Crippen molar-refractivity contribution in [1.82, 2.24) is 0 Å². The van der Waals surface area contributed by atoms with Crippen LogP contribution in [0.15, 0.2) is 11.6 Å². The first kappa shape index (κ1) is 14.0. The van der Waals surface area contributed by atoms with Gasteiger partial charge in [0.25, 0.3) is 0 Å². The van der Waals surface area contributed by atoms with Crippen LogP contribution in [0.4, 0.5) is 26.3 Å². The maximum Gasteiger partial charge on any atom is 0.407 e. The Hall–Kier alpha value is -1.01. The quantitative estimate of drug-likeness (QED) is 0.529. The van der Waals surface area contributed by atoms with Gasteiger partial charge in [0.1, 0.15) is 0 Å². The average Bonchev–Trinajstić information content (AvgIpc) is 1.74. The topological polar surface area (TPSA) is 17.1 Å². The fraction of sp³-hybridized carbons (Fsp3) is 0.625. The lowest BCUT2D eigenvalue weighted by atomic mass is 10.0. The van der Waals surface area contributed by atoms with E-state index in [0.29, 0.717) is 6.08 Å². The SMILES string of the molecule is CC(C)=CC(=O)C(C(F)(F)F)C(F)(F)F. The van der Waals surface area contributed by atoms with E-state index in [1.54, 1.807) is 0 Å². The van der Waals surface area contributed by atoms with Crippen LogP contribution in [0.2, 0.25) is 0 Å². The van der Waals surface area contributed by atoms with Crippen molar-refractivity contribution < 1.29 is 31.1 Å². The summed E-state index contributed by atoms with van der Waals surface area (Å²) in [5, 5.41) is 0.